The van der Waals surface area contributed by atoms with Gasteiger partial charge in [0.1, 0.15) is 5.82 Å². The minimum Gasteiger partial charge on any atom is -0.256 e. The molecule has 0 atom stereocenters. The van der Waals surface area contributed by atoms with Crippen molar-refractivity contribution in [2.75, 3.05) is 0 Å². The fourth-order valence-corrected chi connectivity index (χ4v) is 3.78. The van der Waals surface area contributed by atoms with Gasteiger partial charge in [-0.1, -0.05) is 72.8 Å². The predicted octanol–water partition coefficient (Wildman–Crippen LogP) is 6.26. The second-order valence-corrected chi connectivity index (χ2v) is 7.43. The monoisotopic (exact) mass is 387 g/mol. The second-order valence-electron chi connectivity index (χ2n) is 7.43. The number of aromatic nitrogens is 3. The first-order valence-corrected chi connectivity index (χ1v) is 10.1. The van der Waals surface area contributed by atoms with Gasteiger partial charge in [-0.05, 0) is 42.7 Å². The van der Waals surface area contributed by atoms with E-state index in [1.807, 2.05) is 49.5 Å². The van der Waals surface area contributed by atoms with Crippen molar-refractivity contribution in [3.8, 4) is 22.5 Å². The minimum absolute atomic E-state index is 0.790. The predicted molar refractivity (Wildman–Crippen MR) is 122 cm³/mol. The molecule has 5 aromatic rings. The fraction of sp³-hybridized carbons (Fsp3) is 0.0741. The number of aryl methyl sites for hydroxylation is 1. The zero-order valence-electron chi connectivity index (χ0n) is 16.8. The van der Waals surface area contributed by atoms with Crippen LogP contribution in [0.5, 0.6) is 0 Å². The normalized spacial score (nSPS) is 11.0. The molecule has 0 spiro atoms. The summed E-state index contributed by atoms with van der Waals surface area (Å²) in [5.74, 6) is 0.790. The van der Waals surface area contributed by atoms with Crippen molar-refractivity contribution in [1.29, 1.82) is 0 Å². The van der Waals surface area contributed by atoms with Gasteiger partial charge in [0.25, 0.3) is 0 Å². The molecule has 3 aromatic carbocycles. The molecule has 2 heterocycles. The third-order valence-corrected chi connectivity index (χ3v) is 5.24. The molecule has 30 heavy (non-hydrogen) atoms. The van der Waals surface area contributed by atoms with E-state index in [1.54, 1.807) is 0 Å². The van der Waals surface area contributed by atoms with E-state index in [1.165, 1.54) is 11.1 Å². The van der Waals surface area contributed by atoms with Crippen LogP contribution < -0.4 is 0 Å². The smallest absolute Gasteiger partial charge is 0.126 e. The summed E-state index contributed by atoms with van der Waals surface area (Å²) in [5, 5.41) is 1.08. The van der Waals surface area contributed by atoms with Crippen LogP contribution in [0, 0.1) is 6.92 Å². The molecule has 0 bridgehead atoms. The SMILES string of the molecule is Cc1nc(-c2ccccc2)c2ccc(Cc3ccc(-c4ccccn4)cc3)cc2n1. The summed E-state index contributed by atoms with van der Waals surface area (Å²) in [5.41, 5.74) is 7.73. The Balaban J connectivity index is 1.46. The lowest BCUT2D eigenvalue weighted by atomic mass is 9.99. The van der Waals surface area contributed by atoms with Gasteiger partial charge in [0, 0.05) is 22.7 Å². The van der Waals surface area contributed by atoms with Gasteiger partial charge in [0.05, 0.1) is 16.9 Å². The highest BCUT2D eigenvalue weighted by Crippen LogP contribution is 2.27. The zero-order chi connectivity index (χ0) is 20.3. The van der Waals surface area contributed by atoms with Crippen LogP contribution in [0.15, 0.2) is 97.2 Å². The quantitative estimate of drug-likeness (QED) is 0.365. The summed E-state index contributed by atoms with van der Waals surface area (Å²) in [6, 6.07) is 31.4. The zero-order valence-corrected chi connectivity index (χ0v) is 16.8. The Labute approximate surface area is 176 Å². The molecule has 3 nitrogen and oxygen atoms in total. The lowest BCUT2D eigenvalue weighted by Crippen LogP contribution is -1.96. The van der Waals surface area contributed by atoms with Crippen LogP contribution >= 0.6 is 0 Å². The van der Waals surface area contributed by atoms with Gasteiger partial charge >= 0.3 is 0 Å². The second kappa shape index (κ2) is 7.88. The molecule has 3 heteroatoms. The molecule has 0 amide bonds. The Morgan fingerprint density at radius 1 is 0.667 bits per heavy atom. The number of hydrogen-bond acceptors (Lipinski definition) is 3. The summed E-state index contributed by atoms with van der Waals surface area (Å²) in [6.07, 6.45) is 2.69. The summed E-state index contributed by atoms with van der Waals surface area (Å²) >= 11 is 0. The largest absolute Gasteiger partial charge is 0.256 e. The Kier molecular flexibility index (Phi) is 4.78. The number of pyridine rings is 1. The van der Waals surface area contributed by atoms with E-state index < -0.39 is 0 Å². The highest BCUT2D eigenvalue weighted by molar-refractivity contribution is 5.92. The van der Waals surface area contributed by atoms with Crippen LogP contribution in [0.1, 0.15) is 17.0 Å². The van der Waals surface area contributed by atoms with Crippen LogP contribution in [0.3, 0.4) is 0 Å². The average molecular weight is 387 g/mol. The third kappa shape index (κ3) is 3.70. The molecule has 0 saturated carbocycles. The molecule has 2 aromatic heterocycles. The van der Waals surface area contributed by atoms with Gasteiger partial charge in [-0.3, -0.25) is 4.98 Å². The van der Waals surface area contributed by atoms with Crippen LogP contribution in [-0.4, -0.2) is 15.0 Å². The number of benzene rings is 3. The minimum atomic E-state index is 0.790. The number of nitrogens with zero attached hydrogens (tertiary/aromatic N) is 3. The maximum absolute atomic E-state index is 4.71. The highest BCUT2D eigenvalue weighted by atomic mass is 14.9. The molecule has 0 N–H and O–H groups in total. The van der Waals surface area contributed by atoms with Crippen molar-refractivity contribution in [3.05, 3.63) is 114 Å². The lowest BCUT2D eigenvalue weighted by molar-refractivity contribution is 1.09. The van der Waals surface area contributed by atoms with Crippen molar-refractivity contribution >= 4 is 10.9 Å². The first kappa shape index (κ1) is 18.2. The van der Waals surface area contributed by atoms with Gasteiger partial charge in [-0.25, -0.2) is 9.97 Å². The van der Waals surface area contributed by atoms with Crippen molar-refractivity contribution in [2.45, 2.75) is 13.3 Å². The van der Waals surface area contributed by atoms with Gasteiger partial charge < -0.3 is 0 Å². The lowest BCUT2D eigenvalue weighted by Gasteiger charge is -2.09. The fourth-order valence-electron chi connectivity index (χ4n) is 3.78. The van der Waals surface area contributed by atoms with E-state index >= 15 is 0 Å². The maximum atomic E-state index is 4.71. The Morgan fingerprint density at radius 2 is 1.43 bits per heavy atom. The number of rotatable bonds is 4. The van der Waals surface area contributed by atoms with Crippen molar-refractivity contribution in [1.82, 2.24) is 15.0 Å². The average Bonchev–Trinajstić information content (AvgIpc) is 2.80. The van der Waals surface area contributed by atoms with E-state index in [-0.39, 0.29) is 0 Å². The standard InChI is InChI=1S/C27H21N3/c1-19-29-26-18-21(12-15-24(26)27(30-19)23-7-3-2-4-8-23)17-20-10-13-22(14-11-20)25-9-5-6-16-28-25/h2-16,18H,17H2,1H3. The van der Waals surface area contributed by atoms with Crippen molar-refractivity contribution in [2.24, 2.45) is 0 Å². The van der Waals surface area contributed by atoms with Gasteiger partial charge in [0.15, 0.2) is 0 Å². The van der Waals surface area contributed by atoms with Crippen LogP contribution in [0.25, 0.3) is 33.4 Å². The number of fused-ring (bicyclic) bond motifs is 1. The summed E-state index contributed by atoms with van der Waals surface area (Å²) in [4.78, 5) is 13.8. The maximum Gasteiger partial charge on any atom is 0.126 e. The molecular formula is C27H21N3. The Morgan fingerprint density at radius 3 is 2.20 bits per heavy atom. The molecule has 0 fully saturated rings. The molecular weight excluding hydrogens is 366 g/mol. The molecule has 0 aliphatic carbocycles. The van der Waals surface area contributed by atoms with Gasteiger partial charge in [-0.15, -0.1) is 0 Å². The molecule has 0 saturated heterocycles. The molecule has 0 unspecified atom stereocenters. The van der Waals surface area contributed by atoms with E-state index in [0.717, 1.165) is 45.7 Å². The Hall–Kier alpha value is -3.85. The van der Waals surface area contributed by atoms with Crippen LogP contribution in [0.4, 0.5) is 0 Å². The Bertz CT molecular complexity index is 1300. The van der Waals surface area contributed by atoms with E-state index in [4.69, 9.17) is 9.97 Å². The van der Waals surface area contributed by atoms with Crippen molar-refractivity contribution < 1.29 is 0 Å². The third-order valence-electron chi connectivity index (χ3n) is 5.24. The molecule has 0 radical (unpaired) electrons. The molecule has 0 aliphatic rings. The molecule has 0 aliphatic heterocycles. The number of hydrogen-bond donors (Lipinski definition) is 0. The topological polar surface area (TPSA) is 38.7 Å². The summed E-state index contributed by atoms with van der Waals surface area (Å²) in [6.45, 7) is 1.95. The van der Waals surface area contributed by atoms with E-state index in [2.05, 4.69) is 59.6 Å². The van der Waals surface area contributed by atoms with Gasteiger partial charge in [-0.2, -0.15) is 0 Å². The van der Waals surface area contributed by atoms with Crippen LogP contribution in [0.2, 0.25) is 0 Å². The van der Waals surface area contributed by atoms with Crippen molar-refractivity contribution in [3.63, 3.8) is 0 Å². The highest BCUT2D eigenvalue weighted by Gasteiger charge is 2.09. The summed E-state index contributed by atoms with van der Waals surface area (Å²) < 4.78 is 0. The summed E-state index contributed by atoms with van der Waals surface area (Å²) in [7, 11) is 0. The van der Waals surface area contributed by atoms with E-state index in [9.17, 15) is 0 Å². The van der Waals surface area contributed by atoms with Crippen LogP contribution in [-0.2, 0) is 6.42 Å². The molecule has 144 valence electrons. The van der Waals surface area contributed by atoms with Gasteiger partial charge in [0.2, 0.25) is 0 Å². The molecule has 5 rings (SSSR count). The van der Waals surface area contributed by atoms with E-state index in [0.29, 0.717) is 0 Å². The first-order valence-electron chi connectivity index (χ1n) is 10.1. The first-order chi connectivity index (χ1) is 14.8.